The van der Waals surface area contributed by atoms with Gasteiger partial charge in [-0.05, 0) is 123 Å². The van der Waals surface area contributed by atoms with Crippen molar-refractivity contribution in [3.8, 4) is 33.4 Å². The SMILES string of the molecule is [2H]c1c(-c2c([2H])c([2H])c3c([2H])c([2H])c(-c4c5c([2H])c([2H])c([2H])c([2H])c5c(-c5c([2H])c([2H])c6c([2H])c([2H])c([2H])c([2H])c6c5[2H])c5c([2H])c([2H])c([2H])c([2H])c45)c([2H])c3c2[2H])c([2H])c2c(oc3c([2H])c([2H])c4c([2H])c([2H])c([2H])c([2H])c4c32)c1[2H]. The molecule has 0 N–H and O–H groups in total. The van der Waals surface area contributed by atoms with Crippen molar-refractivity contribution in [2.45, 2.75) is 0 Å². The zero-order valence-corrected chi connectivity index (χ0v) is 25.4. The fourth-order valence-electron chi connectivity index (χ4n) is 6.23. The maximum atomic E-state index is 9.97. The molecule has 0 amide bonds. The molecule has 1 heterocycles. The highest BCUT2D eigenvalue weighted by atomic mass is 16.3. The zero-order valence-electron chi connectivity index (χ0n) is 55.4. The molecule has 0 bridgehead atoms. The van der Waals surface area contributed by atoms with Gasteiger partial charge < -0.3 is 4.42 Å². The maximum absolute atomic E-state index is 9.97. The van der Waals surface area contributed by atoms with Crippen LogP contribution in [0.4, 0.5) is 0 Å². The largest absolute Gasteiger partial charge is 0.456 e. The van der Waals surface area contributed by atoms with E-state index in [0.717, 1.165) is 0 Å². The van der Waals surface area contributed by atoms with Crippen molar-refractivity contribution in [3.05, 3.63) is 181 Å². The standard InChI is InChI=1S/C50H30O/c1-2-11-34-27-37(21-18-31(34)9-1)48-41-13-5-7-15-43(41)49(44-16-8-6-14-42(44)48)38-22-19-32-17-20-35(28-39(32)29-38)36-24-25-46-45(30-36)50-40-12-4-3-10-33(40)23-26-47(50)51-46/h1-30H/i1D,2D,3D,4D,5D,6D,7D,8D,9D,10D,11D,12D,13D,14D,15D,16D,17D,18D,19D,20D,21D,22D,23D,24D,25D,26D,27D,28D,29D,30D. The first-order chi connectivity index (χ1) is 37.8. The molecule has 0 unspecified atom stereocenters. The average molecular weight is 677 g/mol. The van der Waals surface area contributed by atoms with Crippen molar-refractivity contribution in [2.24, 2.45) is 0 Å². The van der Waals surface area contributed by atoms with E-state index in [4.69, 9.17) is 26.3 Å². The topological polar surface area (TPSA) is 13.1 Å². The third-order valence-electron chi connectivity index (χ3n) is 8.45. The number of fused-ring (bicyclic) bond motifs is 9. The predicted octanol–water partition coefficient (Wildman–Crippen LogP) is 14.4. The molecule has 0 atom stereocenters. The van der Waals surface area contributed by atoms with Gasteiger partial charge in [-0.2, -0.15) is 0 Å². The second kappa shape index (κ2) is 10.9. The maximum Gasteiger partial charge on any atom is 0.136 e. The molecule has 51 heavy (non-hydrogen) atoms. The molecule has 0 radical (unpaired) electrons. The minimum Gasteiger partial charge on any atom is -0.456 e. The lowest BCUT2D eigenvalue weighted by atomic mass is 9.85. The van der Waals surface area contributed by atoms with Crippen LogP contribution in [-0.4, -0.2) is 0 Å². The Morgan fingerprint density at radius 1 is 0.294 bits per heavy atom. The van der Waals surface area contributed by atoms with E-state index in [1.807, 2.05) is 0 Å². The van der Waals surface area contributed by atoms with Gasteiger partial charge in [0.1, 0.15) is 11.2 Å². The van der Waals surface area contributed by atoms with Crippen molar-refractivity contribution >= 4 is 75.8 Å². The number of hydrogen-bond acceptors (Lipinski definition) is 1. The molecule has 11 rings (SSSR count). The highest BCUT2D eigenvalue weighted by molar-refractivity contribution is 6.22. The van der Waals surface area contributed by atoms with Gasteiger partial charge in [-0.15, -0.1) is 0 Å². The van der Waals surface area contributed by atoms with Gasteiger partial charge in [-0.3, -0.25) is 0 Å². The van der Waals surface area contributed by atoms with Gasteiger partial charge >= 0.3 is 0 Å². The van der Waals surface area contributed by atoms with Gasteiger partial charge in [0, 0.05) is 10.8 Å². The number of benzene rings is 10. The molecule has 0 saturated heterocycles. The summed E-state index contributed by atoms with van der Waals surface area (Å²) < 4.78 is 278. The second-order valence-electron chi connectivity index (χ2n) is 11.3. The fraction of sp³-hybridized carbons (Fsp3) is 0. The van der Waals surface area contributed by atoms with Gasteiger partial charge in [-0.1, -0.05) is 145 Å². The molecule has 1 heteroatoms. The molecule has 0 fully saturated rings. The summed E-state index contributed by atoms with van der Waals surface area (Å²) in [5.41, 5.74) is -5.96. The van der Waals surface area contributed by atoms with Crippen molar-refractivity contribution < 1.29 is 45.5 Å². The van der Waals surface area contributed by atoms with E-state index in [9.17, 15) is 19.2 Å². The molecular weight excluding hydrogens is 617 g/mol. The van der Waals surface area contributed by atoms with E-state index in [2.05, 4.69) is 0 Å². The molecule has 10 aromatic carbocycles. The summed E-state index contributed by atoms with van der Waals surface area (Å²) in [6, 6.07) is -27.8. The van der Waals surface area contributed by atoms with Gasteiger partial charge in [0.05, 0.1) is 41.1 Å². The second-order valence-corrected chi connectivity index (χ2v) is 11.3. The smallest absolute Gasteiger partial charge is 0.136 e. The van der Waals surface area contributed by atoms with Crippen molar-refractivity contribution in [2.75, 3.05) is 0 Å². The molecule has 1 aromatic heterocycles. The van der Waals surface area contributed by atoms with Crippen molar-refractivity contribution in [3.63, 3.8) is 0 Å². The van der Waals surface area contributed by atoms with Crippen LogP contribution in [0.3, 0.4) is 0 Å². The van der Waals surface area contributed by atoms with E-state index in [1.165, 1.54) is 0 Å². The Balaban J connectivity index is 1.36. The van der Waals surface area contributed by atoms with E-state index in [1.54, 1.807) is 0 Å². The first-order valence-electron chi connectivity index (χ1n) is 30.2. The summed E-state index contributed by atoms with van der Waals surface area (Å²) in [5.74, 6) is 0. The Bertz CT molecular complexity index is 4850. The zero-order chi connectivity index (χ0) is 59.6. The van der Waals surface area contributed by atoms with Gasteiger partial charge in [0.25, 0.3) is 0 Å². The molecule has 1 nitrogen and oxygen atoms in total. The van der Waals surface area contributed by atoms with E-state index >= 15 is 0 Å². The molecular formula is C50H30O. The lowest BCUT2D eigenvalue weighted by Gasteiger charge is -2.18. The molecule has 0 aliphatic heterocycles. The van der Waals surface area contributed by atoms with E-state index < -0.39 is 285 Å². The van der Waals surface area contributed by atoms with Crippen molar-refractivity contribution in [1.82, 2.24) is 0 Å². The van der Waals surface area contributed by atoms with Gasteiger partial charge in [0.2, 0.25) is 0 Å². The Hall–Kier alpha value is -6.70. The first kappa shape index (κ1) is 11.7. The molecule has 0 aliphatic rings. The highest BCUT2D eigenvalue weighted by Gasteiger charge is 2.17. The summed E-state index contributed by atoms with van der Waals surface area (Å²) in [4.78, 5) is 0. The first-order valence-corrected chi connectivity index (χ1v) is 15.2. The summed E-state index contributed by atoms with van der Waals surface area (Å²) >= 11 is 0. The van der Waals surface area contributed by atoms with Crippen LogP contribution in [0.1, 0.15) is 41.1 Å². The predicted molar refractivity (Wildman–Crippen MR) is 218 cm³/mol. The molecule has 0 spiro atoms. The average Bonchev–Trinajstić information content (AvgIpc) is 3.41. The van der Waals surface area contributed by atoms with Crippen LogP contribution >= 0.6 is 0 Å². The normalized spacial score (nSPS) is 20.2. The fourth-order valence-corrected chi connectivity index (χ4v) is 6.23. The lowest BCUT2D eigenvalue weighted by Crippen LogP contribution is -1.91. The van der Waals surface area contributed by atoms with Crippen LogP contribution in [0.2, 0.25) is 0 Å². The number of hydrogen-bond donors (Lipinski definition) is 0. The van der Waals surface area contributed by atoms with Crippen LogP contribution in [0.15, 0.2) is 186 Å². The van der Waals surface area contributed by atoms with E-state index in [0.29, 0.717) is 0 Å². The van der Waals surface area contributed by atoms with Gasteiger partial charge in [-0.25, -0.2) is 0 Å². The summed E-state index contributed by atoms with van der Waals surface area (Å²) in [6.45, 7) is 0. The Morgan fingerprint density at radius 2 is 0.725 bits per heavy atom. The van der Waals surface area contributed by atoms with Crippen LogP contribution in [0, 0.1) is 0 Å². The van der Waals surface area contributed by atoms with Crippen LogP contribution in [0.25, 0.3) is 109 Å². The van der Waals surface area contributed by atoms with Crippen molar-refractivity contribution in [1.29, 1.82) is 0 Å². The van der Waals surface area contributed by atoms with Crippen LogP contribution < -0.4 is 0 Å². The lowest BCUT2D eigenvalue weighted by molar-refractivity contribution is 0.669. The monoisotopic (exact) mass is 676 g/mol. The third kappa shape index (κ3) is 4.35. The Morgan fingerprint density at radius 3 is 1.39 bits per heavy atom. The van der Waals surface area contributed by atoms with E-state index in [-0.39, 0.29) is 5.39 Å². The van der Waals surface area contributed by atoms with Crippen LogP contribution in [-0.2, 0) is 0 Å². The number of furan rings is 1. The molecule has 236 valence electrons. The van der Waals surface area contributed by atoms with Gasteiger partial charge in [0.15, 0.2) is 0 Å². The molecule has 0 saturated carbocycles. The number of rotatable bonds is 3. The summed E-state index contributed by atoms with van der Waals surface area (Å²) in [5, 5.41) is -7.64. The molecule has 0 aliphatic carbocycles. The van der Waals surface area contributed by atoms with Crippen LogP contribution in [0.5, 0.6) is 0 Å². The Labute approximate surface area is 336 Å². The molecule has 11 aromatic rings. The highest BCUT2D eigenvalue weighted by Crippen LogP contribution is 2.45. The Kier molecular flexibility index (Phi) is 2.50. The summed E-state index contributed by atoms with van der Waals surface area (Å²) in [7, 11) is 0. The summed E-state index contributed by atoms with van der Waals surface area (Å²) in [6.07, 6.45) is 0. The minimum atomic E-state index is -1.07. The third-order valence-corrected chi connectivity index (χ3v) is 8.45. The minimum absolute atomic E-state index is 0.382. The quantitative estimate of drug-likeness (QED) is 0.170.